The summed E-state index contributed by atoms with van der Waals surface area (Å²) in [5, 5.41) is 0.898. The Labute approximate surface area is 145 Å². The number of carbonyl (C=O) groups excluding carboxylic acids is 1. The van der Waals surface area contributed by atoms with E-state index in [9.17, 15) is 9.18 Å². The van der Waals surface area contributed by atoms with E-state index in [2.05, 4.69) is 23.0 Å². The van der Waals surface area contributed by atoms with Crippen LogP contribution in [0.1, 0.15) is 11.1 Å². The van der Waals surface area contributed by atoms with Crippen LogP contribution in [0.4, 0.5) is 10.1 Å². The fourth-order valence-corrected chi connectivity index (χ4v) is 3.49. The van der Waals surface area contributed by atoms with Crippen LogP contribution >= 0.6 is 0 Å². The van der Waals surface area contributed by atoms with Gasteiger partial charge in [-0.25, -0.2) is 4.39 Å². The topological polar surface area (TPSA) is 39.3 Å². The second kappa shape index (κ2) is 6.33. The predicted octanol–water partition coefficient (Wildman–Crippen LogP) is 3.33. The van der Waals surface area contributed by atoms with Crippen molar-refractivity contribution in [2.75, 3.05) is 25.0 Å². The van der Waals surface area contributed by atoms with E-state index in [1.165, 1.54) is 12.1 Å². The Hall–Kier alpha value is -2.66. The number of para-hydroxylation sites is 1. The van der Waals surface area contributed by atoms with E-state index in [4.69, 9.17) is 0 Å². The Morgan fingerprint density at radius 2 is 2.04 bits per heavy atom. The van der Waals surface area contributed by atoms with Gasteiger partial charge in [-0.3, -0.25) is 4.79 Å². The lowest BCUT2D eigenvalue weighted by Crippen LogP contribution is -2.36. The van der Waals surface area contributed by atoms with Gasteiger partial charge in [0.15, 0.2) is 0 Å². The molecule has 0 spiro atoms. The second-order valence-electron chi connectivity index (χ2n) is 6.59. The molecule has 0 unspecified atom stereocenters. The lowest BCUT2D eigenvalue weighted by Gasteiger charge is -2.22. The van der Waals surface area contributed by atoms with Crippen molar-refractivity contribution in [3.63, 3.8) is 0 Å². The van der Waals surface area contributed by atoms with Crippen LogP contribution in [-0.2, 0) is 17.8 Å². The summed E-state index contributed by atoms with van der Waals surface area (Å²) in [6.07, 6.45) is 2.10. The van der Waals surface area contributed by atoms with Crippen LogP contribution in [0.25, 0.3) is 10.9 Å². The Bertz CT molecular complexity index is 934. The number of likely N-dealkylation sites (N-methyl/N-ethyl adjacent to an activating group) is 1. The molecule has 5 heteroatoms. The van der Waals surface area contributed by atoms with Crippen LogP contribution in [0.2, 0.25) is 0 Å². The zero-order chi connectivity index (χ0) is 17.4. The van der Waals surface area contributed by atoms with Gasteiger partial charge >= 0.3 is 0 Å². The Kier molecular flexibility index (Phi) is 4.01. The van der Waals surface area contributed by atoms with Crippen LogP contribution in [-0.4, -0.2) is 35.9 Å². The highest BCUT2D eigenvalue weighted by molar-refractivity contribution is 5.98. The first-order valence-electron chi connectivity index (χ1n) is 8.44. The molecule has 1 N–H and O–H groups in total. The third kappa shape index (κ3) is 3.03. The standard InChI is InChI=1S/C20H20FN3O/c1-23-8-9-24(19-5-3-2-4-14(19)13-23)20(25)10-15-12-22-18-11-16(21)6-7-17(15)18/h2-7,11-12,22H,8-10,13H2,1H3. The van der Waals surface area contributed by atoms with Gasteiger partial charge in [0.05, 0.1) is 6.42 Å². The van der Waals surface area contributed by atoms with E-state index in [1.54, 1.807) is 12.3 Å². The average Bonchev–Trinajstić information content (AvgIpc) is 2.89. The number of halogens is 1. The number of hydrogen-bond donors (Lipinski definition) is 1. The number of carbonyl (C=O) groups is 1. The summed E-state index contributed by atoms with van der Waals surface area (Å²) in [5.74, 6) is -0.218. The molecule has 128 valence electrons. The zero-order valence-corrected chi connectivity index (χ0v) is 14.1. The molecular formula is C20H20FN3O. The molecule has 0 saturated heterocycles. The van der Waals surface area contributed by atoms with Gasteiger partial charge in [0.25, 0.3) is 0 Å². The number of fused-ring (bicyclic) bond motifs is 2. The monoisotopic (exact) mass is 337 g/mol. The van der Waals surface area contributed by atoms with Gasteiger partial charge in [-0.1, -0.05) is 18.2 Å². The first kappa shape index (κ1) is 15.8. The maximum absolute atomic E-state index is 13.3. The molecule has 1 amide bonds. The Morgan fingerprint density at radius 3 is 2.92 bits per heavy atom. The molecular weight excluding hydrogens is 317 g/mol. The van der Waals surface area contributed by atoms with E-state index >= 15 is 0 Å². The van der Waals surface area contributed by atoms with E-state index in [0.29, 0.717) is 13.0 Å². The fourth-order valence-electron chi connectivity index (χ4n) is 3.49. The highest BCUT2D eigenvalue weighted by Crippen LogP contribution is 2.26. The number of anilines is 1. The summed E-state index contributed by atoms with van der Waals surface area (Å²) in [7, 11) is 2.07. The van der Waals surface area contributed by atoms with Crippen molar-refractivity contribution in [3.05, 3.63) is 65.6 Å². The van der Waals surface area contributed by atoms with Crippen molar-refractivity contribution in [3.8, 4) is 0 Å². The molecule has 25 heavy (non-hydrogen) atoms. The lowest BCUT2D eigenvalue weighted by molar-refractivity contribution is -0.118. The summed E-state index contributed by atoms with van der Waals surface area (Å²) in [4.78, 5) is 20.2. The quantitative estimate of drug-likeness (QED) is 0.779. The molecule has 3 aromatic rings. The number of rotatable bonds is 2. The van der Waals surface area contributed by atoms with Crippen LogP contribution in [0.3, 0.4) is 0 Å². The highest BCUT2D eigenvalue weighted by Gasteiger charge is 2.23. The smallest absolute Gasteiger partial charge is 0.231 e. The summed E-state index contributed by atoms with van der Waals surface area (Å²) in [6, 6.07) is 12.7. The predicted molar refractivity (Wildman–Crippen MR) is 97.1 cm³/mol. The van der Waals surface area contributed by atoms with Gasteiger partial charge in [-0.15, -0.1) is 0 Å². The van der Waals surface area contributed by atoms with Crippen molar-refractivity contribution in [1.29, 1.82) is 0 Å². The number of aromatic nitrogens is 1. The number of hydrogen-bond acceptors (Lipinski definition) is 2. The summed E-state index contributed by atoms with van der Waals surface area (Å²) in [5.41, 5.74) is 3.77. The van der Waals surface area contributed by atoms with Gasteiger partial charge in [0, 0.05) is 42.4 Å². The number of nitrogens with zero attached hydrogens (tertiary/aromatic N) is 2. The summed E-state index contributed by atoms with van der Waals surface area (Å²) < 4.78 is 13.3. The van der Waals surface area contributed by atoms with Crippen LogP contribution in [0, 0.1) is 5.82 Å². The molecule has 2 aromatic carbocycles. The molecule has 4 nitrogen and oxygen atoms in total. The second-order valence-corrected chi connectivity index (χ2v) is 6.59. The number of H-pyrrole nitrogens is 1. The fraction of sp³-hybridized carbons (Fsp3) is 0.250. The number of benzene rings is 2. The average molecular weight is 337 g/mol. The third-order valence-corrected chi connectivity index (χ3v) is 4.80. The maximum Gasteiger partial charge on any atom is 0.231 e. The first-order chi connectivity index (χ1) is 12.1. The number of nitrogens with one attached hydrogen (secondary N) is 1. The molecule has 1 aliphatic heterocycles. The molecule has 1 aliphatic rings. The summed E-state index contributed by atoms with van der Waals surface area (Å²) >= 11 is 0. The lowest BCUT2D eigenvalue weighted by atomic mass is 10.1. The van der Waals surface area contributed by atoms with Crippen molar-refractivity contribution in [2.45, 2.75) is 13.0 Å². The Morgan fingerprint density at radius 1 is 1.20 bits per heavy atom. The van der Waals surface area contributed by atoms with Crippen LogP contribution in [0.15, 0.2) is 48.7 Å². The van der Waals surface area contributed by atoms with Crippen LogP contribution in [0.5, 0.6) is 0 Å². The molecule has 0 saturated carbocycles. The molecule has 0 fully saturated rings. The molecule has 1 aromatic heterocycles. The SMILES string of the molecule is CN1CCN(C(=O)Cc2c[nH]c3cc(F)ccc23)c2ccccc2C1. The van der Waals surface area contributed by atoms with Crippen molar-refractivity contribution in [1.82, 2.24) is 9.88 Å². The number of amides is 1. The molecule has 0 aliphatic carbocycles. The highest BCUT2D eigenvalue weighted by atomic mass is 19.1. The van der Waals surface area contributed by atoms with Crippen molar-refractivity contribution in [2.24, 2.45) is 0 Å². The zero-order valence-electron chi connectivity index (χ0n) is 14.1. The van der Waals surface area contributed by atoms with Gasteiger partial charge in [0.2, 0.25) is 5.91 Å². The van der Waals surface area contributed by atoms with E-state index < -0.39 is 0 Å². The largest absolute Gasteiger partial charge is 0.361 e. The maximum atomic E-state index is 13.3. The van der Waals surface area contributed by atoms with E-state index in [1.807, 2.05) is 23.1 Å². The molecule has 0 radical (unpaired) electrons. The van der Waals surface area contributed by atoms with Gasteiger partial charge < -0.3 is 14.8 Å². The van der Waals surface area contributed by atoms with Gasteiger partial charge in [0.1, 0.15) is 5.82 Å². The van der Waals surface area contributed by atoms with Crippen molar-refractivity contribution >= 4 is 22.5 Å². The first-order valence-corrected chi connectivity index (χ1v) is 8.44. The van der Waals surface area contributed by atoms with E-state index in [-0.39, 0.29) is 11.7 Å². The molecule has 0 bridgehead atoms. The van der Waals surface area contributed by atoms with Crippen LogP contribution < -0.4 is 4.90 Å². The minimum atomic E-state index is -0.281. The molecule has 2 heterocycles. The third-order valence-electron chi connectivity index (χ3n) is 4.80. The minimum Gasteiger partial charge on any atom is -0.361 e. The number of aromatic amines is 1. The minimum absolute atomic E-state index is 0.0629. The molecule has 4 rings (SSSR count). The normalized spacial score (nSPS) is 15.2. The van der Waals surface area contributed by atoms with E-state index in [0.717, 1.165) is 40.8 Å². The molecule has 0 atom stereocenters. The van der Waals surface area contributed by atoms with Crippen molar-refractivity contribution < 1.29 is 9.18 Å². The summed E-state index contributed by atoms with van der Waals surface area (Å²) in [6.45, 7) is 2.34. The van der Waals surface area contributed by atoms with Gasteiger partial charge in [-0.2, -0.15) is 0 Å². The Balaban J connectivity index is 1.64. The van der Waals surface area contributed by atoms with Gasteiger partial charge in [-0.05, 0) is 42.4 Å².